The van der Waals surface area contributed by atoms with Crippen LogP contribution in [0.1, 0.15) is 20.8 Å². The van der Waals surface area contributed by atoms with E-state index in [2.05, 4.69) is 5.32 Å². The van der Waals surface area contributed by atoms with Gasteiger partial charge >= 0.3 is 0 Å². The van der Waals surface area contributed by atoms with E-state index in [9.17, 15) is 4.79 Å². The Hall–Kier alpha value is -1.57. The zero-order valence-electron chi connectivity index (χ0n) is 8.79. The van der Waals surface area contributed by atoms with E-state index in [-0.39, 0.29) is 5.91 Å². The molecule has 14 heavy (non-hydrogen) atoms. The fourth-order valence-corrected chi connectivity index (χ4v) is 1.23. The molecular formula is C12H15NO. The molecule has 0 aromatic heterocycles. The largest absolute Gasteiger partial charge is 0.322 e. The molecular weight excluding hydrogens is 174 g/mol. The monoisotopic (exact) mass is 189 g/mol. The molecule has 0 aromatic rings. The minimum absolute atomic E-state index is 0.0173. The van der Waals surface area contributed by atoms with Gasteiger partial charge in [-0.05, 0) is 32.4 Å². The lowest BCUT2D eigenvalue weighted by Gasteiger charge is -1.97. The van der Waals surface area contributed by atoms with Gasteiger partial charge in [-0.15, -0.1) is 0 Å². The second-order valence-electron chi connectivity index (χ2n) is 3.13. The topological polar surface area (TPSA) is 29.1 Å². The van der Waals surface area contributed by atoms with Crippen LogP contribution in [0.25, 0.3) is 0 Å². The second-order valence-corrected chi connectivity index (χ2v) is 3.13. The first kappa shape index (κ1) is 10.5. The number of hydrogen-bond donors (Lipinski definition) is 1. The van der Waals surface area contributed by atoms with Crippen LogP contribution in [-0.2, 0) is 4.79 Å². The Morgan fingerprint density at radius 2 is 2.14 bits per heavy atom. The molecule has 1 amide bonds. The lowest BCUT2D eigenvalue weighted by atomic mass is 10.1. The molecule has 2 heteroatoms. The Balaban J connectivity index is 2.93. The van der Waals surface area contributed by atoms with Crippen molar-refractivity contribution in [1.29, 1.82) is 0 Å². The third kappa shape index (κ3) is 2.22. The van der Waals surface area contributed by atoms with Crippen molar-refractivity contribution in [3.63, 3.8) is 0 Å². The van der Waals surface area contributed by atoms with Crippen molar-refractivity contribution in [2.24, 2.45) is 0 Å². The summed E-state index contributed by atoms with van der Waals surface area (Å²) in [5.74, 6) is -0.0173. The fraction of sp³-hybridized carbons (Fsp3) is 0.250. The average molecular weight is 189 g/mol. The predicted molar refractivity (Wildman–Crippen MR) is 58.6 cm³/mol. The number of amides is 1. The zero-order valence-corrected chi connectivity index (χ0v) is 8.79. The lowest BCUT2D eigenvalue weighted by molar-refractivity contribution is -0.116. The standard InChI is InChI=1S/C12H15NO/c1-4-6-7-9(3)11-8-10(5-2)13-12(11)14/h4-8H,1-3H3,(H,13,14). The molecule has 1 heterocycles. The van der Waals surface area contributed by atoms with Gasteiger partial charge < -0.3 is 5.32 Å². The molecule has 0 unspecified atom stereocenters. The summed E-state index contributed by atoms with van der Waals surface area (Å²) in [6, 6.07) is 0. The number of allylic oxidation sites excluding steroid dienone is 5. The first-order valence-corrected chi connectivity index (χ1v) is 4.68. The van der Waals surface area contributed by atoms with Crippen molar-refractivity contribution in [3.8, 4) is 0 Å². The molecule has 0 saturated carbocycles. The van der Waals surface area contributed by atoms with Gasteiger partial charge in [0.15, 0.2) is 0 Å². The molecule has 74 valence electrons. The van der Waals surface area contributed by atoms with Crippen molar-refractivity contribution >= 4 is 5.91 Å². The minimum Gasteiger partial charge on any atom is -0.322 e. The molecule has 2 nitrogen and oxygen atoms in total. The van der Waals surface area contributed by atoms with E-state index in [0.717, 1.165) is 16.8 Å². The molecule has 1 rings (SSSR count). The first-order valence-electron chi connectivity index (χ1n) is 4.68. The van der Waals surface area contributed by atoms with Gasteiger partial charge in [0.2, 0.25) is 0 Å². The fourth-order valence-electron chi connectivity index (χ4n) is 1.23. The summed E-state index contributed by atoms with van der Waals surface area (Å²) >= 11 is 0. The maximum atomic E-state index is 11.5. The van der Waals surface area contributed by atoms with Crippen LogP contribution >= 0.6 is 0 Å². The predicted octanol–water partition coefficient (Wildman–Crippen LogP) is 2.47. The van der Waals surface area contributed by atoms with Gasteiger partial charge in [-0.25, -0.2) is 0 Å². The molecule has 0 aromatic carbocycles. The number of carbonyl (C=O) groups excluding carboxylic acids is 1. The van der Waals surface area contributed by atoms with Crippen molar-refractivity contribution < 1.29 is 4.79 Å². The van der Waals surface area contributed by atoms with E-state index >= 15 is 0 Å². The van der Waals surface area contributed by atoms with Gasteiger partial charge in [0.05, 0.1) is 0 Å². The van der Waals surface area contributed by atoms with E-state index in [1.807, 2.05) is 51.2 Å². The van der Waals surface area contributed by atoms with E-state index < -0.39 is 0 Å². The van der Waals surface area contributed by atoms with Crippen molar-refractivity contribution in [2.75, 3.05) is 0 Å². The molecule has 0 saturated heterocycles. The smallest absolute Gasteiger partial charge is 0.255 e. The number of hydrogen-bond acceptors (Lipinski definition) is 1. The highest BCUT2D eigenvalue weighted by Crippen LogP contribution is 2.17. The highest BCUT2D eigenvalue weighted by atomic mass is 16.1. The van der Waals surface area contributed by atoms with Gasteiger partial charge in [0, 0.05) is 11.3 Å². The molecule has 1 aliphatic rings. The van der Waals surface area contributed by atoms with Crippen LogP contribution in [0.2, 0.25) is 0 Å². The quantitative estimate of drug-likeness (QED) is 0.664. The van der Waals surface area contributed by atoms with Gasteiger partial charge in [-0.1, -0.05) is 24.3 Å². The van der Waals surface area contributed by atoms with Crippen molar-refractivity contribution in [1.82, 2.24) is 5.32 Å². The Kier molecular flexibility index (Phi) is 3.46. The van der Waals surface area contributed by atoms with Crippen LogP contribution in [-0.4, -0.2) is 5.91 Å². The first-order chi connectivity index (χ1) is 6.69. The Bertz CT molecular complexity index is 357. The SMILES string of the molecule is CC=CC=C(C)C1=CC(=CC)NC1=O. The maximum absolute atomic E-state index is 11.5. The number of rotatable bonds is 2. The van der Waals surface area contributed by atoms with E-state index in [0.29, 0.717) is 0 Å². The van der Waals surface area contributed by atoms with E-state index in [1.54, 1.807) is 0 Å². The van der Waals surface area contributed by atoms with Gasteiger partial charge in [-0.2, -0.15) is 0 Å². The highest BCUT2D eigenvalue weighted by Gasteiger charge is 2.18. The highest BCUT2D eigenvalue weighted by molar-refractivity contribution is 6.02. The van der Waals surface area contributed by atoms with Crippen LogP contribution in [0.3, 0.4) is 0 Å². The summed E-state index contributed by atoms with van der Waals surface area (Å²) in [4.78, 5) is 11.5. The summed E-state index contributed by atoms with van der Waals surface area (Å²) in [7, 11) is 0. The van der Waals surface area contributed by atoms with Crippen LogP contribution in [0.5, 0.6) is 0 Å². The summed E-state index contributed by atoms with van der Waals surface area (Å²) < 4.78 is 0. The zero-order chi connectivity index (χ0) is 10.6. The van der Waals surface area contributed by atoms with Crippen molar-refractivity contribution in [2.45, 2.75) is 20.8 Å². The summed E-state index contributed by atoms with van der Waals surface area (Å²) in [5.41, 5.74) is 2.60. The number of carbonyl (C=O) groups is 1. The minimum atomic E-state index is -0.0173. The van der Waals surface area contributed by atoms with Crippen LogP contribution < -0.4 is 5.32 Å². The Morgan fingerprint density at radius 3 is 2.64 bits per heavy atom. The van der Waals surface area contributed by atoms with E-state index in [1.165, 1.54) is 0 Å². The molecule has 0 bridgehead atoms. The van der Waals surface area contributed by atoms with E-state index in [4.69, 9.17) is 0 Å². The molecule has 0 fully saturated rings. The number of nitrogens with one attached hydrogen (secondary N) is 1. The van der Waals surface area contributed by atoms with Crippen LogP contribution in [0, 0.1) is 0 Å². The van der Waals surface area contributed by atoms with Crippen LogP contribution in [0.4, 0.5) is 0 Å². The molecule has 0 atom stereocenters. The average Bonchev–Trinajstić information content (AvgIpc) is 2.56. The van der Waals surface area contributed by atoms with Gasteiger partial charge in [0.25, 0.3) is 5.91 Å². The molecule has 0 aliphatic carbocycles. The second kappa shape index (κ2) is 4.61. The third-order valence-corrected chi connectivity index (χ3v) is 2.08. The summed E-state index contributed by atoms with van der Waals surface area (Å²) in [6.45, 7) is 5.79. The van der Waals surface area contributed by atoms with Gasteiger partial charge in [0.1, 0.15) is 0 Å². The maximum Gasteiger partial charge on any atom is 0.255 e. The lowest BCUT2D eigenvalue weighted by Crippen LogP contribution is -2.16. The molecule has 0 spiro atoms. The Labute approximate surface area is 84.7 Å². The Morgan fingerprint density at radius 1 is 1.43 bits per heavy atom. The third-order valence-electron chi connectivity index (χ3n) is 2.08. The summed E-state index contributed by atoms with van der Waals surface area (Å²) in [6.07, 6.45) is 9.56. The van der Waals surface area contributed by atoms with Gasteiger partial charge in [-0.3, -0.25) is 4.79 Å². The molecule has 1 N–H and O–H groups in total. The van der Waals surface area contributed by atoms with Crippen LogP contribution in [0.15, 0.2) is 47.2 Å². The summed E-state index contributed by atoms with van der Waals surface area (Å²) in [5, 5.41) is 2.78. The molecule has 0 radical (unpaired) electrons. The normalized spacial score (nSPS) is 20.5. The molecule has 1 aliphatic heterocycles. The van der Waals surface area contributed by atoms with Crippen molar-refractivity contribution in [3.05, 3.63) is 47.2 Å².